The molecule has 0 saturated carbocycles. The molecule has 126 valence electrons. The molecule has 3 N–H and O–H groups in total. The number of dihydropyridines is 1. The summed E-state index contributed by atoms with van der Waals surface area (Å²) in [5, 5.41) is 3.33. The highest BCUT2D eigenvalue weighted by molar-refractivity contribution is 5.99. The second-order valence-electron chi connectivity index (χ2n) is 6.18. The number of urea groups is 1. The van der Waals surface area contributed by atoms with E-state index in [-0.39, 0.29) is 6.03 Å². The molecule has 0 saturated heterocycles. The van der Waals surface area contributed by atoms with Gasteiger partial charge in [0, 0.05) is 18.7 Å². The lowest BCUT2D eigenvalue weighted by Crippen LogP contribution is -2.52. The fraction of sp³-hybridized carbons (Fsp3) is 0.150. The van der Waals surface area contributed by atoms with Crippen LogP contribution in [0.15, 0.2) is 78.1 Å². The summed E-state index contributed by atoms with van der Waals surface area (Å²) < 4.78 is 0. The van der Waals surface area contributed by atoms with Crippen LogP contribution in [-0.4, -0.2) is 24.0 Å². The fourth-order valence-corrected chi connectivity index (χ4v) is 3.25. The number of benzene rings is 2. The van der Waals surface area contributed by atoms with Crippen molar-refractivity contribution in [2.45, 2.75) is 6.54 Å². The number of carbonyl (C=O) groups is 1. The maximum atomic E-state index is 13.2. The molecule has 2 heterocycles. The molecular formula is C20H20N4O. The zero-order chi connectivity index (χ0) is 17.2. The molecule has 2 aliphatic heterocycles. The highest BCUT2D eigenvalue weighted by atomic mass is 16.2. The maximum Gasteiger partial charge on any atom is 0.330 e. The average molecular weight is 332 g/mol. The number of rotatable bonds is 3. The molecule has 2 aromatic rings. The fourth-order valence-electron chi connectivity index (χ4n) is 3.25. The zero-order valence-electron chi connectivity index (χ0n) is 13.9. The molecule has 2 aromatic carbocycles. The minimum absolute atomic E-state index is 0.0664. The standard InChI is InChI=1S/C20H20N4O/c21-17-10-4-5-11-18(17)24-19-16(9-6-12-22-19)14-23(20(24)25)13-15-7-2-1-3-8-15/h1-11,22H,12-14,21H2. The number of hydrogen-bond donors (Lipinski definition) is 2. The van der Waals surface area contributed by atoms with Crippen molar-refractivity contribution in [2.24, 2.45) is 0 Å². The molecule has 0 radical (unpaired) electrons. The lowest BCUT2D eigenvalue weighted by molar-refractivity contribution is 0.204. The number of hydrogen-bond acceptors (Lipinski definition) is 3. The van der Waals surface area contributed by atoms with E-state index < -0.39 is 0 Å². The minimum atomic E-state index is -0.0664. The highest BCUT2D eigenvalue weighted by Crippen LogP contribution is 2.32. The Kier molecular flexibility index (Phi) is 3.90. The van der Waals surface area contributed by atoms with Crippen LogP contribution in [0, 0.1) is 0 Å². The molecule has 5 nitrogen and oxygen atoms in total. The van der Waals surface area contributed by atoms with E-state index in [9.17, 15) is 4.79 Å². The number of carbonyl (C=O) groups excluding carboxylic acids is 1. The first kappa shape index (κ1) is 15.3. The number of nitrogens with one attached hydrogen (secondary N) is 1. The third-order valence-corrected chi connectivity index (χ3v) is 4.45. The van der Waals surface area contributed by atoms with Crippen LogP contribution in [0.3, 0.4) is 0 Å². The van der Waals surface area contributed by atoms with E-state index in [1.54, 1.807) is 4.90 Å². The number of anilines is 2. The van der Waals surface area contributed by atoms with Crippen LogP contribution in [0.1, 0.15) is 5.56 Å². The van der Waals surface area contributed by atoms with E-state index in [1.165, 1.54) is 0 Å². The van der Waals surface area contributed by atoms with Crippen molar-refractivity contribution in [1.82, 2.24) is 10.2 Å². The van der Waals surface area contributed by atoms with Crippen molar-refractivity contribution < 1.29 is 4.79 Å². The summed E-state index contributed by atoms with van der Waals surface area (Å²) in [5.41, 5.74) is 9.64. The third kappa shape index (κ3) is 2.85. The molecule has 25 heavy (non-hydrogen) atoms. The minimum Gasteiger partial charge on any atom is -0.397 e. The summed E-state index contributed by atoms with van der Waals surface area (Å²) in [5.74, 6) is 0.828. The predicted molar refractivity (Wildman–Crippen MR) is 99.8 cm³/mol. The first-order chi connectivity index (χ1) is 12.2. The van der Waals surface area contributed by atoms with Gasteiger partial charge < -0.3 is 16.0 Å². The van der Waals surface area contributed by atoms with E-state index in [1.807, 2.05) is 59.5 Å². The van der Waals surface area contributed by atoms with Crippen LogP contribution >= 0.6 is 0 Å². The maximum absolute atomic E-state index is 13.2. The quantitative estimate of drug-likeness (QED) is 0.849. The number of para-hydroxylation sites is 2. The van der Waals surface area contributed by atoms with Crippen molar-refractivity contribution >= 4 is 17.4 Å². The summed E-state index contributed by atoms with van der Waals surface area (Å²) in [6, 6.07) is 17.4. The molecule has 5 heteroatoms. The van der Waals surface area contributed by atoms with E-state index >= 15 is 0 Å². The Labute approximate surface area is 147 Å². The van der Waals surface area contributed by atoms with Crippen LogP contribution in [0.5, 0.6) is 0 Å². The van der Waals surface area contributed by atoms with Crippen LogP contribution < -0.4 is 16.0 Å². The molecule has 0 spiro atoms. The van der Waals surface area contributed by atoms with Crippen molar-refractivity contribution in [3.05, 3.63) is 83.7 Å². The number of nitrogens with two attached hydrogens (primary N) is 1. The second-order valence-corrected chi connectivity index (χ2v) is 6.18. The second kappa shape index (κ2) is 6.36. The van der Waals surface area contributed by atoms with E-state index in [4.69, 9.17) is 5.73 Å². The molecule has 0 aromatic heterocycles. The first-order valence-corrected chi connectivity index (χ1v) is 8.35. The van der Waals surface area contributed by atoms with Crippen LogP contribution in [0.2, 0.25) is 0 Å². The van der Waals surface area contributed by atoms with Gasteiger partial charge in [0.25, 0.3) is 0 Å². The smallest absolute Gasteiger partial charge is 0.330 e. The summed E-state index contributed by atoms with van der Waals surface area (Å²) in [6.45, 7) is 1.84. The van der Waals surface area contributed by atoms with Gasteiger partial charge in [-0.05, 0) is 17.7 Å². The Hall–Kier alpha value is -3.21. The molecule has 0 unspecified atom stereocenters. The monoisotopic (exact) mass is 332 g/mol. The Morgan fingerprint density at radius 2 is 1.80 bits per heavy atom. The van der Waals surface area contributed by atoms with Gasteiger partial charge in [0.2, 0.25) is 0 Å². The normalized spacial score (nSPS) is 16.7. The van der Waals surface area contributed by atoms with Gasteiger partial charge in [0.05, 0.1) is 17.9 Å². The summed E-state index contributed by atoms with van der Waals surface area (Å²) in [4.78, 5) is 16.8. The Bertz CT molecular complexity index is 857. The molecular weight excluding hydrogens is 312 g/mol. The lowest BCUT2D eigenvalue weighted by Gasteiger charge is -2.39. The Morgan fingerprint density at radius 1 is 1.04 bits per heavy atom. The zero-order valence-corrected chi connectivity index (χ0v) is 13.9. The number of nitrogen functional groups attached to an aromatic ring is 1. The SMILES string of the molecule is Nc1ccccc1N1C(=O)N(Cc2ccccc2)CC2=C1NCC=C2. The largest absolute Gasteiger partial charge is 0.397 e. The first-order valence-electron chi connectivity index (χ1n) is 8.35. The molecule has 2 aliphatic rings. The van der Waals surface area contributed by atoms with Gasteiger partial charge in [0.15, 0.2) is 0 Å². The molecule has 0 atom stereocenters. The Morgan fingerprint density at radius 3 is 2.60 bits per heavy atom. The van der Waals surface area contributed by atoms with Crippen LogP contribution in [0.4, 0.5) is 16.2 Å². The number of amides is 2. The third-order valence-electron chi connectivity index (χ3n) is 4.45. The van der Waals surface area contributed by atoms with Crippen molar-refractivity contribution in [1.29, 1.82) is 0 Å². The summed E-state index contributed by atoms with van der Waals surface area (Å²) in [6.07, 6.45) is 4.16. The average Bonchev–Trinajstić information content (AvgIpc) is 2.64. The topological polar surface area (TPSA) is 61.6 Å². The predicted octanol–water partition coefficient (Wildman–Crippen LogP) is 3.08. The Balaban J connectivity index is 1.74. The van der Waals surface area contributed by atoms with E-state index in [0.717, 1.165) is 17.0 Å². The van der Waals surface area contributed by atoms with Crippen LogP contribution in [-0.2, 0) is 6.54 Å². The molecule has 0 fully saturated rings. The van der Waals surface area contributed by atoms with Gasteiger partial charge in [-0.25, -0.2) is 9.69 Å². The molecule has 0 aliphatic carbocycles. The summed E-state index contributed by atoms with van der Waals surface area (Å²) >= 11 is 0. The van der Waals surface area contributed by atoms with E-state index in [0.29, 0.717) is 31.0 Å². The molecule has 4 rings (SSSR count). The van der Waals surface area contributed by atoms with Crippen molar-refractivity contribution in [3.63, 3.8) is 0 Å². The van der Waals surface area contributed by atoms with Gasteiger partial charge in [0.1, 0.15) is 5.82 Å². The lowest BCUT2D eigenvalue weighted by atomic mass is 10.1. The summed E-state index contributed by atoms with van der Waals surface area (Å²) in [7, 11) is 0. The highest BCUT2D eigenvalue weighted by Gasteiger charge is 2.34. The van der Waals surface area contributed by atoms with Crippen molar-refractivity contribution in [2.75, 3.05) is 23.7 Å². The molecule has 0 bridgehead atoms. The van der Waals surface area contributed by atoms with Crippen molar-refractivity contribution in [3.8, 4) is 0 Å². The van der Waals surface area contributed by atoms with Gasteiger partial charge in [-0.2, -0.15) is 0 Å². The van der Waals surface area contributed by atoms with Gasteiger partial charge in [-0.15, -0.1) is 0 Å². The van der Waals surface area contributed by atoms with Gasteiger partial charge in [-0.3, -0.25) is 0 Å². The van der Waals surface area contributed by atoms with Crippen LogP contribution in [0.25, 0.3) is 0 Å². The van der Waals surface area contributed by atoms with Gasteiger partial charge in [-0.1, -0.05) is 54.6 Å². The molecule has 2 amide bonds. The number of nitrogens with zero attached hydrogens (tertiary/aromatic N) is 2. The van der Waals surface area contributed by atoms with Gasteiger partial charge >= 0.3 is 6.03 Å². The van der Waals surface area contributed by atoms with E-state index in [2.05, 4.69) is 17.5 Å².